The fraction of sp³-hybridized carbons (Fsp3) is 0.500. The fourth-order valence-electron chi connectivity index (χ4n) is 1.78. The topological polar surface area (TPSA) is 84.2 Å². The average molecular weight is 223 g/mol. The normalized spacial score (nSPS) is 17.6. The van der Waals surface area contributed by atoms with E-state index >= 15 is 0 Å². The molecule has 0 atom stereocenters. The van der Waals surface area contributed by atoms with Crippen molar-refractivity contribution in [3.05, 3.63) is 18.2 Å². The van der Waals surface area contributed by atoms with Crippen molar-refractivity contribution in [2.24, 2.45) is 7.05 Å². The van der Waals surface area contributed by atoms with Crippen LogP contribution in [0.1, 0.15) is 29.8 Å². The number of imidazole rings is 1. The molecule has 0 saturated heterocycles. The number of rotatable bonds is 3. The third-order valence-electron chi connectivity index (χ3n) is 3.02. The Morgan fingerprint density at radius 3 is 2.62 bits per heavy atom. The van der Waals surface area contributed by atoms with Crippen LogP contribution >= 0.6 is 0 Å². The molecule has 1 amide bonds. The Labute approximate surface area is 92.3 Å². The van der Waals surface area contributed by atoms with Gasteiger partial charge in [0.2, 0.25) is 0 Å². The summed E-state index contributed by atoms with van der Waals surface area (Å²) in [6.07, 6.45) is 4.74. The van der Waals surface area contributed by atoms with Crippen molar-refractivity contribution in [1.29, 1.82) is 0 Å². The van der Waals surface area contributed by atoms with Gasteiger partial charge < -0.3 is 15.0 Å². The minimum absolute atomic E-state index is 0.368. The van der Waals surface area contributed by atoms with E-state index < -0.39 is 11.5 Å². The molecule has 6 nitrogen and oxygen atoms in total. The van der Waals surface area contributed by atoms with Crippen molar-refractivity contribution in [2.75, 3.05) is 0 Å². The summed E-state index contributed by atoms with van der Waals surface area (Å²) >= 11 is 0. The zero-order valence-corrected chi connectivity index (χ0v) is 8.93. The van der Waals surface area contributed by atoms with E-state index in [1.165, 1.54) is 12.5 Å². The van der Waals surface area contributed by atoms with E-state index in [2.05, 4.69) is 10.3 Å². The Bertz CT molecular complexity index is 434. The summed E-state index contributed by atoms with van der Waals surface area (Å²) in [6.45, 7) is 0. The smallest absolute Gasteiger partial charge is 0.329 e. The molecule has 0 aromatic carbocycles. The first-order chi connectivity index (χ1) is 7.55. The number of hydrogen-bond acceptors (Lipinski definition) is 3. The maximum absolute atomic E-state index is 11.8. The molecule has 86 valence electrons. The zero-order valence-electron chi connectivity index (χ0n) is 8.93. The van der Waals surface area contributed by atoms with Gasteiger partial charge in [-0.2, -0.15) is 0 Å². The van der Waals surface area contributed by atoms with Crippen LogP contribution in [-0.4, -0.2) is 32.1 Å². The van der Waals surface area contributed by atoms with Gasteiger partial charge in [-0.15, -0.1) is 0 Å². The highest BCUT2D eigenvalue weighted by atomic mass is 16.4. The summed E-state index contributed by atoms with van der Waals surface area (Å²) in [5.41, 5.74) is -0.700. The summed E-state index contributed by atoms with van der Waals surface area (Å²) in [5, 5.41) is 11.6. The Hall–Kier alpha value is -1.85. The first-order valence-electron chi connectivity index (χ1n) is 5.07. The maximum Gasteiger partial charge on any atom is 0.329 e. The number of aryl methyl sites for hydroxylation is 1. The number of aliphatic carboxylic acids is 1. The Balaban J connectivity index is 2.13. The summed E-state index contributed by atoms with van der Waals surface area (Å²) in [6, 6.07) is 0. The number of carbonyl (C=O) groups excluding carboxylic acids is 1. The molecular formula is C10H13N3O3. The first-order valence-corrected chi connectivity index (χ1v) is 5.07. The van der Waals surface area contributed by atoms with Gasteiger partial charge in [-0.05, 0) is 19.3 Å². The Kier molecular flexibility index (Phi) is 2.41. The number of carboxylic acid groups (broad SMARTS) is 1. The molecule has 0 unspecified atom stereocenters. The molecule has 0 radical (unpaired) electrons. The van der Waals surface area contributed by atoms with Crippen molar-refractivity contribution in [1.82, 2.24) is 14.9 Å². The molecule has 2 N–H and O–H groups in total. The van der Waals surface area contributed by atoms with Crippen molar-refractivity contribution in [3.63, 3.8) is 0 Å². The van der Waals surface area contributed by atoms with Crippen molar-refractivity contribution in [2.45, 2.75) is 24.8 Å². The molecule has 1 aromatic rings. The summed E-state index contributed by atoms with van der Waals surface area (Å²) in [5.74, 6) is -1.35. The lowest BCUT2D eigenvalue weighted by molar-refractivity contribution is -0.148. The molecule has 6 heteroatoms. The number of carboxylic acids is 1. The van der Waals surface area contributed by atoms with Crippen LogP contribution in [0.4, 0.5) is 0 Å². The van der Waals surface area contributed by atoms with Crippen LogP contribution < -0.4 is 5.32 Å². The van der Waals surface area contributed by atoms with Crippen LogP contribution in [0.3, 0.4) is 0 Å². The van der Waals surface area contributed by atoms with Crippen LogP contribution in [-0.2, 0) is 11.8 Å². The number of nitrogens with zero attached hydrogens (tertiary/aromatic N) is 2. The second-order valence-electron chi connectivity index (χ2n) is 4.08. The van der Waals surface area contributed by atoms with Gasteiger partial charge in [0.05, 0.1) is 12.5 Å². The molecule has 0 aliphatic heterocycles. The summed E-state index contributed by atoms with van der Waals surface area (Å²) in [7, 11) is 1.69. The van der Waals surface area contributed by atoms with Crippen molar-refractivity contribution < 1.29 is 14.7 Å². The SMILES string of the molecule is Cn1cncc1C(=O)NC1(C(=O)O)CCC1. The van der Waals surface area contributed by atoms with Crippen LogP contribution in [0.2, 0.25) is 0 Å². The van der Waals surface area contributed by atoms with E-state index in [9.17, 15) is 9.59 Å². The van der Waals surface area contributed by atoms with Crippen LogP contribution in [0.25, 0.3) is 0 Å². The third kappa shape index (κ3) is 1.56. The van der Waals surface area contributed by atoms with Gasteiger partial charge in [-0.25, -0.2) is 9.78 Å². The van der Waals surface area contributed by atoms with Gasteiger partial charge in [-0.1, -0.05) is 0 Å². The molecule has 0 bridgehead atoms. The van der Waals surface area contributed by atoms with Gasteiger partial charge in [0.1, 0.15) is 11.2 Å². The lowest BCUT2D eigenvalue weighted by Gasteiger charge is -2.38. The number of hydrogen-bond donors (Lipinski definition) is 2. The van der Waals surface area contributed by atoms with Gasteiger partial charge in [0.25, 0.3) is 5.91 Å². The largest absolute Gasteiger partial charge is 0.480 e. The first kappa shape index (κ1) is 10.7. The van der Waals surface area contributed by atoms with E-state index in [1.807, 2.05) is 0 Å². The minimum Gasteiger partial charge on any atom is -0.480 e. The van der Waals surface area contributed by atoms with Crippen molar-refractivity contribution >= 4 is 11.9 Å². The van der Waals surface area contributed by atoms with Gasteiger partial charge in [-0.3, -0.25) is 4.79 Å². The highest BCUT2D eigenvalue weighted by molar-refractivity contribution is 5.96. The molecule has 1 aliphatic carbocycles. The fourth-order valence-corrected chi connectivity index (χ4v) is 1.78. The third-order valence-corrected chi connectivity index (χ3v) is 3.02. The number of aromatic nitrogens is 2. The second-order valence-corrected chi connectivity index (χ2v) is 4.08. The number of amides is 1. The van der Waals surface area contributed by atoms with Crippen LogP contribution in [0.15, 0.2) is 12.5 Å². The molecule has 1 heterocycles. The monoisotopic (exact) mass is 223 g/mol. The van der Waals surface area contributed by atoms with E-state index in [0.29, 0.717) is 18.5 Å². The maximum atomic E-state index is 11.8. The Morgan fingerprint density at radius 1 is 1.56 bits per heavy atom. The molecule has 16 heavy (non-hydrogen) atoms. The van der Waals surface area contributed by atoms with E-state index in [1.54, 1.807) is 11.6 Å². The zero-order chi connectivity index (χ0) is 11.8. The summed E-state index contributed by atoms with van der Waals surface area (Å²) in [4.78, 5) is 26.7. The predicted molar refractivity (Wildman–Crippen MR) is 54.9 cm³/mol. The van der Waals surface area contributed by atoms with Crippen LogP contribution in [0.5, 0.6) is 0 Å². The Morgan fingerprint density at radius 2 is 2.25 bits per heavy atom. The van der Waals surface area contributed by atoms with E-state index in [4.69, 9.17) is 5.11 Å². The number of carbonyl (C=O) groups is 2. The van der Waals surface area contributed by atoms with E-state index in [-0.39, 0.29) is 5.91 Å². The van der Waals surface area contributed by atoms with Crippen LogP contribution in [0, 0.1) is 0 Å². The minimum atomic E-state index is -1.07. The average Bonchev–Trinajstić information content (AvgIpc) is 2.57. The summed E-state index contributed by atoms with van der Waals surface area (Å²) < 4.78 is 1.56. The lowest BCUT2D eigenvalue weighted by atomic mass is 9.76. The lowest BCUT2D eigenvalue weighted by Crippen LogP contribution is -2.59. The molecule has 1 saturated carbocycles. The van der Waals surface area contributed by atoms with E-state index in [0.717, 1.165) is 6.42 Å². The highest BCUT2D eigenvalue weighted by Crippen LogP contribution is 2.32. The standard InChI is InChI=1S/C10H13N3O3/c1-13-6-11-5-7(13)8(14)12-10(9(15)16)3-2-4-10/h5-6H,2-4H2,1H3,(H,12,14)(H,15,16). The highest BCUT2D eigenvalue weighted by Gasteiger charge is 2.46. The molecular weight excluding hydrogens is 210 g/mol. The van der Waals surface area contributed by atoms with Gasteiger partial charge in [0, 0.05) is 7.05 Å². The molecule has 0 spiro atoms. The molecule has 2 rings (SSSR count). The predicted octanol–water partition coefficient (Wildman–Crippen LogP) is 0.157. The quantitative estimate of drug-likeness (QED) is 0.764. The number of nitrogens with one attached hydrogen (secondary N) is 1. The van der Waals surface area contributed by atoms with Gasteiger partial charge >= 0.3 is 5.97 Å². The second kappa shape index (κ2) is 3.62. The van der Waals surface area contributed by atoms with Gasteiger partial charge in [0.15, 0.2) is 0 Å². The molecule has 1 aromatic heterocycles. The molecule has 1 aliphatic rings. The van der Waals surface area contributed by atoms with Crippen molar-refractivity contribution in [3.8, 4) is 0 Å². The molecule has 1 fully saturated rings.